The first-order valence-corrected chi connectivity index (χ1v) is 8.36. The molecule has 0 aliphatic heterocycles. The molecule has 130 valence electrons. The fourth-order valence-electron chi connectivity index (χ4n) is 1.92. The van der Waals surface area contributed by atoms with Crippen LogP contribution in [0.15, 0.2) is 52.0 Å². The van der Waals surface area contributed by atoms with Crippen LogP contribution >= 0.6 is 27.5 Å². The maximum Gasteiger partial charge on any atom is 0.249 e. The van der Waals surface area contributed by atoms with Crippen LogP contribution in [0, 0.1) is 0 Å². The summed E-state index contributed by atoms with van der Waals surface area (Å²) in [4.78, 5) is 23.6. The number of rotatable bonds is 6. The van der Waals surface area contributed by atoms with Crippen molar-refractivity contribution in [2.24, 2.45) is 5.10 Å². The molecule has 0 spiro atoms. The summed E-state index contributed by atoms with van der Waals surface area (Å²) in [6.45, 7) is 0. The van der Waals surface area contributed by atoms with Crippen molar-refractivity contribution < 1.29 is 14.3 Å². The second-order valence-corrected chi connectivity index (χ2v) is 6.27. The van der Waals surface area contributed by atoms with E-state index in [0.717, 1.165) is 4.47 Å². The van der Waals surface area contributed by atoms with Gasteiger partial charge < -0.3 is 10.1 Å². The molecular formula is C17H15BrClN3O3. The van der Waals surface area contributed by atoms with Crippen LogP contribution < -0.4 is 15.5 Å². The Kier molecular flexibility index (Phi) is 6.97. The van der Waals surface area contributed by atoms with Crippen LogP contribution in [0.2, 0.25) is 5.02 Å². The predicted molar refractivity (Wildman–Crippen MR) is 101 cm³/mol. The standard InChI is InChI=1S/C17H15BrClN3O3/c1-25-15-7-12(18)6-5-11(15)10-20-22-17(24)9-16(23)21-14-4-2-3-13(19)8-14/h2-8,10H,9H2,1H3,(H,21,23)(H,22,24). The number of hydrogen-bond donors (Lipinski definition) is 2. The third-order valence-corrected chi connectivity index (χ3v) is 3.75. The van der Waals surface area contributed by atoms with Crippen molar-refractivity contribution in [3.05, 3.63) is 57.5 Å². The number of hydrazone groups is 1. The highest BCUT2D eigenvalue weighted by atomic mass is 79.9. The largest absolute Gasteiger partial charge is 0.496 e. The molecule has 0 aliphatic rings. The van der Waals surface area contributed by atoms with Gasteiger partial charge in [-0.25, -0.2) is 5.43 Å². The Morgan fingerprint density at radius 3 is 2.76 bits per heavy atom. The first-order chi connectivity index (χ1) is 12.0. The van der Waals surface area contributed by atoms with Crippen molar-refractivity contribution in [2.75, 3.05) is 12.4 Å². The lowest BCUT2D eigenvalue weighted by Crippen LogP contribution is -2.24. The summed E-state index contributed by atoms with van der Waals surface area (Å²) < 4.78 is 6.08. The van der Waals surface area contributed by atoms with E-state index in [2.05, 4.69) is 31.8 Å². The number of methoxy groups -OCH3 is 1. The molecule has 2 N–H and O–H groups in total. The fourth-order valence-corrected chi connectivity index (χ4v) is 2.45. The van der Waals surface area contributed by atoms with Gasteiger partial charge in [-0.3, -0.25) is 9.59 Å². The monoisotopic (exact) mass is 423 g/mol. The van der Waals surface area contributed by atoms with E-state index in [0.29, 0.717) is 22.0 Å². The number of carbonyl (C=O) groups is 2. The van der Waals surface area contributed by atoms with Gasteiger partial charge in [0.15, 0.2) is 0 Å². The quantitative estimate of drug-likeness (QED) is 0.422. The number of nitrogens with one attached hydrogen (secondary N) is 2. The highest BCUT2D eigenvalue weighted by molar-refractivity contribution is 9.10. The number of benzene rings is 2. The van der Waals surface area contributed by atoms with Crippen LogP contribution in [-0.2, 0) is 9.59 Å². The van der Waals surface area contributed by atoms with Crippen molar-refractivity contribution in [3.63, 3.8) is 0 Å². The Labute approximate surface area is 158 Å². The molecule has 2 amide bonds. The van der Waals surface area contributed by atoms with E-state index in [1.807, 2.05) is 6.07 Å². The normalized spacial score (nSPS) is 10.5. The molecule has 8 heteroatoms. The van der Waals surface area contributed by atoms with E-state index < -0.39 is 11.8 Å². The number of hydrogen-bond acceptors (Lipinski definition) is 4. The zero-order valence-electron chi connectivity index (χ0n) is 13.3. The Morgan fingerprint density at radius 1 is 1.24 bits per heavy atom. The topological polar surface area (TPSA) is 79.8 Å². The Balaban J connectivity index is 1.87. The molecule has 0 unspecified atom stereocenters. The summed E-state index contributed by atoms with van der Waals surface area (Å²) in [6.07, 6.45) is 1.08. The molecule has 0 radical (unpaired) electrons. The zero-order chi connectivity index (χ0) is 18.2. The van der Waals surface area contributed by atoms with Gasteiger partial charge in [-0.05, 0) is 36.4 Å². The van der Waals surface area contributed by atoms with E-state index in [1.165, 1.54) is 13.3 Å². The van der Waals surface area contributed by atoms with Crippen molar-refractivity contribution >= 4 is 51.2 Å². The van der Waals surface area contributed by atoms with Gasteiger partial charge in [0.2, 0.25) is 11.8 Å². The molecule has 2 rings (SSSR count). The second-order valence-electron chi connectivity index (χ2n) is 4.91. The summed E-state index contributed by atoms with van der Waals surface area (Å²) in [6, 6.07) is 12.0. The van der Waals surface area contributed by atoms with Crippen LogP contribution in [-0.4, -0.2) is 25.1 Å². The molecule has 2 aromatic carbocycles. The van der Waals surface area contributed by atoms with E-state index in [9.17, 15) is 9.59 Å². The van der Waals surface area contributed by atoms with Gasteiger partial charge in [0, 0.05) is 20.7 Å². The van der Waals surface area contributed by atoms with Crippen LogP contribution in [0.25, 0.3) is 0 Å². The summed E-state index contributed by atoms with van der Waals surface area (Å²) in [5.74, 6) is -0.394. The molecule has 0 bridgehead atoms. The minimum Gasteiger partial charge on any atom is -0.496 e. The number of anilines is 1. The number of carbonyl (C=O) groups excluding carboxylic acids is 2. The molecule has 2 aromatic rings. The van der Waals surface area contributed by atoms with E-state index in [-0.39, 0.29) is 6.42 Å². The smallest absolute Gasteiger partial charge is 0.249 e. The fraction of sp³-hybridized carbons (Fsp3) is 0.118. The lowest BCUT2D eigenvalue weighted by molar-refractivity contribution is -0.126. The number of ether oxygens (including phenoxy) is 1. The minimum absolute atomic E-state index is 0.360. The van der Waals surface area contributed by atoms with Crippen LogP contribution in [0.5, 0.6) is 5.75 Å². The highest BCUT2D eigenvalue weighted by Gasteiger charge is 2.09. The van der Waals surface area contributed by atoms with Gasteiger partial charge >= 0.3 is 0 Å². The molecule has 0 aliphatic carbocycles. The van der Waals surface area contributed by atoms with Crippen molar-refractivity contribution in [2.45, 2.75) is 6.42 Å². The first kappa shape index (κ1) is 19.0. The Bertz CT molecular complexity index is 811. The average molecular weight is 425 g/mol. The van der Waals surface area contributed by atoms with E-state index >= 15 is 0 Å². The third-order valence-electron chi connectivity index (χ3n) is 3.02. The summed E-state index contributed by atoms with van der Waals surface area (Å²) in [5.41, 5.74) is 3.51. The van der Waals surface area contributed by atoms with Gasteiger partial charge in [0.25, 0.3) is 0 Å². The second kappa shape index (κ2) is 9.19. The average Bonchev–Trinajstić information content (AvgIpc) is 2.55. The predicted octanol–water partition coefficient (Wildman–Crippen LogP) is 3.59. The first-order valence-electron chi connectivity index (χ1n) is 7.19. The summed E-state index contributed by atoms with van der Waals surface area (Å²) in [7, 11) is 1.54. The molecule has 6 nitrogen and oxygen atoms in total. The maximum atomic E-state index is 11.8. The van der Waals surface area contributed by atoms with Gasteiger partial charge in [-0.15, -0.1) is 0 Å². The lowest BCUT2D eigenvalue weighted by atomic mass is 10.2. The molecule has 0 aromatic heterocycles. The summed E-state index contributed by atoms with van der Waals surface area (Å²) in [5, 5.41) is 6.91. The zero-order valence-corrected chi connectivity index (χ0v) is 15.6. The minimum atomic E-state index is -0.535. The number of nitrogens with zero attached hydrogens (tertiary/aromatic N) is 1. The van der Waals surface area contributed by atoms with E-state index in [4.69, 9.17) is 16.3 Å². The SMILES string of the molecule is COc1cc(Br)ccc1C=NNC(=O)CC(=O)Nc1cccc(Cl)c1. The van der Waals surface area contributed by atoms with Gasteiger partial charge in [0.1, 0.15) is 12.2 Å². The van der Waals surface area contributed by atoms with Crippen LogP contribution in [0.3, 0.4) is 0 Å². The summed E-state index contributed by atoms with van der Waals surface area (Å²) >= 11 is 9.17. The van der Waals surface area contributed by atoms with E-state index in [1.54, 1.807) is 36.4 Å². The molecule has 0 heterocycles. The molecular weight excluding hydrogens is 410 g/mol. The third kappa shape index (κ3) is 6.21. The van der Waals surface area contributed by atoms with Crippen molar-refractivity contribution in [1.29, 1.82) is 0 Å². The van der Waals surface area contributed by atoms with Crippen molar-refractivity contribution in [3.8, 4) is 5.75 Å². The molecule has 0 saturated heterocycles. The lowest BCUT2D eigenvalue weighted by Gasteiger charge is -2.06. The number of halogens is 2. The van der Waals surface area contributed by atoms with Crippen LogP contribution in [0.1, 0.15) is 12.0 Å². The van der Waals surface area contributed by atoms with Gasteiger partial charge in [0.05, 0.1) is 13.3 Å². The number of amides is 2. The molecule has 0 fully saturated rings. The molecule has 0 atom stereocenters. The Morgan fingerprint density at radius 2 is 2.04 bits per heavy atom. The molecule has 25 heavy (non-hydrogen) atoms. The van der Waals surface area contributed by atoms with Crippen molar-refractivity contribution in [1.82, 2.24) is 5.43 Å². The van der Waals surface area contributed by atoms with Gasteiger partial charge in [-0.1, -0.05) is 33.6 Å². The maximum absolute atomic E-state index is 11.8. The molecule has 0 saturated carbocycles. The van der Waals surface area contributed by atoms with Gasteiger partial charge in [-0.2, -0.15) is 5.10 Å². The Hall–Kier alpha value is -2.38. The van der Waals surface area contributed by atoms with Crippen LogP contribution in [0.4, 0.5) is 5.69 Å². The highest BCUT2D eigenvalue weighted by Crippen LogP contribution is 2.21.